The van der Waals surface area contributed by atoms with E-state index in [4.69, 9.17) is 0 Å². The highest BCUT2D eigenvalue weighted by atomic mass is 32.1. The molecule has 0 radical (unpaired) electrons. The van der Waals surface area contributed by atoms with E-state index in [1.54, 1.807) is 29.6 Å². The first kappa shape index (κ1) is 22.8. The minimum Gasteiger partial charge on any atom is -0.326 e. The van der Waals surface area contributed by atoms with Crippen molar-refractivity contribution in [1.82, 2.24) is 10.3 Å². The standard InChI is InChI=1S/C23H22N4O4S2/c1-2-23(10-9-18(28)26-21(23)31)14-5-7-15(8-6-14)24-19(29)12-16-13-33-22(25-16)27-20(30)17-4-3-11-32-17/h3-8,11,13H,2,9-10,12H2,1H3,(H,24,29)(H,25,27,30)(H,26,28,31). The number of aromatic nitrogens is 1. The van der Waals surface area contributed by atoms with Crippen molar-refractivity contribution in [3.05, 3.63) is 63.3 Å². The van der Waals surface area contributed by atoms with Crippen LogP contribution in [0.25, 0.3) is 0 Å². The SMILES string of the molecule is CCC1(c2ccc(NC(=O)Cc3csc(NC(=O)c4cccs4)n3)cc2)CCC(=O)NC1=O. The highest BCUT2D eigenvalue weighted by Gasteiger charge is 2.42. The third-order valence-electron chi connectivity index (χ3n) is 5.65. The highest BCUT2D eigenvalue weighted by Crippen LogP contribution is 2.36. The Morgan fingerprint density at radius 3 is 2.58 bits per heavy atom. The van der Waals surface area contributed by atoms with E-state index in [0.717, 1.165) is 5.56 Å². The number of nitrogens with zero attached hydrogens (tertiary/aromatic N) is 1. The van der Waals surface area contributed by atoms with Gasteiger partial charge in [-0.15, -0.1) is 22.7 Å². The van der Waals surface area contributed by atoms with Crippen LogP contribution in [0.3, 0.4) is 0 Å². The topological polar surface area (TPSA) is 117 Å². The van der Waals surface area contributed by atoms with Crippen LogP contribution in [0.4, 0.5) is 10.8 Å². The molecule has 0 bridgehead atoms. The van der Waals surface area contributed by atoms with E-state index in [1.807, 2.05) is 24.4 Å². The zero-order valence-electron chi connectivity index (χ0n) is 17.8. The average Bonchev–Trinajstić information content (AvgIpc) is 3.47. The fourth-order valence-electron chi connectivity index (χ4n) is 3.82. The van der Waals surface area contributed by atoms with E-state index in [-0.39, 0.29) is 30.0 Å². The van der Waals surface area contributed by atoms with Crippen LogP contribution in [0.5, 0.6) is 0 Å². The Labute approximate surface area is 198 Å². The van der Waals surface area contributed by atoms with E-state index in [1.165, 1.54) is 22.7 Å². The first-order valence-corrected chi connectivity index (χ1v) is 12.2. The van der Waals surface area contributed by atoms with Crippen molar-refractivity contribution in [2.24, 2.45) is 0 Å². The number of thiophene rings is 1. The second kappa shape index (κ2) is 9.63. The zero-order valence-corrected chi connectivity index (χ0v) is 19.5. The molecule has 0 aliphatic carbocycles. The van der Waals surface area contributed by atoms with Gasteiger partial charge in [0.25, 0.3) is 5.91 Å². The lowest BCUT2D eigenvalue weighted by Gasteiger charge is -2.35. The number of benzene rings is 1. The second-order valence-corrected chi connectivity index (χ2v) is 9.50. The van der Waals surface area contributed by atoms with Crippen LogP contribution in [0.15, 0.2) is 47.2 Å². The monoisotopic (exact) mass is 482 g/mol. The Morgan fingerprint density at radius 1 is 1.12 bits per heavy atom. The van der Waals surface area contributed by atoms with Crippen molar-refractivity contribution in [2.75, 3.05) is 10.6 Å². The lowest BCUT2D eigenvalue weighted by atomic mass is 9.72. The predicted molar refractivity (Wildman–Crippen MR) is 128 cm³/mol. The van der Waals surface area contributed by atoms with Gasteiger partial charge in [0.15, 0.2) is 5.13 Å². The summed E-state index contributed by atoms with van der Waals surface area (Å²) in [6, 6.07) is 10.7. The number of hydrogen-bond donors (Lipinski definition) is 3. The van der Waals surface area contributed by atoms with Gasteiger partial charge in [0.1, 0.15) is 0 Å². The van der Waals surface area contributed by atoms with Gasteiger partial charge in [-0.3, -0.25) is 29.8 Å². The number of thiazole rings is 1. The highest BCUT2D eigenvalue weighted by molar-refractivity contribution is 7.14. The smallest absolute Gasteiger partial charge is 0.267 e. The molecule has 33 heavy (non-hydrogen) atoms. The summed E-state index contributed by atoms with van der Waals surface area (Å²) in [4.78, 5) is 53.5. The van der Waals surface area contributed by atoms with E-state index in [9.17, 15) is 19.2 Å². The van der Waals surface area contributed by atoms with Crippen LogP contribution in [-0.4, -0.2) is 28.6 Å². The van der Waals surface area contributed by atoms with Gasteiger partial charge < -0.3 is 5.32 Å². The summed E-state index contributed by atoms with van der Waals surface area (Å²) in [5, 5.41) is 12.0. The molecule has 1 fully saturated rings. The summed E-state index contributed by atoms with van der Waals surface area (Å²) < 4.78 is 0. The van der Waals surface area contributed by atoms with Crippen molar-refractivity contribution >= 4 is 57.1 Å². The van der Waals surface area contributed by atoms with Gasteiger partial charge >= 0.3 is 0 Å². The molecule has 1 aliphatic rings. The number of amides is 4. The lowest BCUT2D eigenvalue weighted by Crippen LogP contribution is -2.51. The molecule has 170 valence electrons. The van der Waals surface area contributed by atoms with Gasteiger partial charge in [-0.05, 0) is 42.0 Å². The zero-order chi connectivity index (χ0) is 23.4. The number of imide groups is 1. The van der Waals surface area contributed by atoms with Crippen molar-refractivity contribution in [3.63, 3.8) is 0 Å². The molecule has 4 rings (SSSR count). The minimum atomic E-state index is -0.735. The molecule has 0 spiro atoms. The molecule has 3 N–H and O–H groups in total. The largest absolute Gasteiger partial charge is 0.326 e. The van der Waals surface area contributed by atoms with Gasteiger partial charge in [-0.1, -0.05) is 25.1 Å². The molecule has 1 saturated heterocycles. The lowest BCUT2D eigenvalue weighted by molar-refractivity contribution is -0.138. The van der Waals surface area contributed by atoms with Gasteiger partial charge in [-0.25, -0.2) is 4.98 Å². The number of carbonyl (C=O) groups is 4. The fraction of sp³-hybridized carbons (Fsp3) is 0.261. The van der Waals surface area contributed by atoms with Gasteiger partial charge in [0, 0.05) is 17.5 Å². The Bertz CT molecular complexity index is 1190. The van der Waals surface area contributed by atoms with Gasteiger partial charge in [0.05, 0.1) is 22.4 Å². The van der Waals surface area contributed by atoms with Crippen LogP contribution in [-0.2, 0) is 26.2 Å². The minimum absolute atomic E-state index is 0.0660. The normalized spacial score (nSPS) is 18.0. The van der Waals surface area contributed by atoms with Crippen LogP contribution >= 0.6 is 22.7 Å². The Balaban J connectivity index is 1.35. The number of carbonyl (C=O) groups excluding carboxylic acids is 4. The van der Waals surface area contributed by atoms with Crippen molar-refractivity contribution in [2.45, 2.75) is 38.0 Å². The average molecular weight is 483 g/mol. The molecule has 3 heterocycles. The molecule has 1 unspecified atom stereocenters. The molecule has 8 nitrogen and oxygen atoms in total. The molecule has 1 aliphatic heterocycles. The summed E-state index contributed by atoms with van der Waals surface area (Å²) in [5.74, 6) is -0.987. The van der Waals surface area contributed by atoms with Crippen molar-refractivity contribution < 1.29 is 19.2 Å². The van der Waals surface area contributed by atoms with E-state index < -0.39 is 5.41 Å². The number of rotatable bonds is 7. The Morgan fingerprint density at radius 2 is 1.91 bits per heavy atom. The van der Waals surface area contributed by atoms with Crippen molar-refractivity contribution in [1.29, 1.82) is 0 Å². The third kappa shape index (κ3) is 5.01. The number of hydrogen-bond acceptors (Lipinski definition) is 7. The second-order valence-electron chi connectivity index (χ2n) is 7.69. The molecular weight excluding hydrogens is 460 g/mol. The van der Waals surface area contributed by atoms with Gasteiger partial charge in [0.2, 0.25) is 17.7 Å². The van der Waals surface area contributed by atoms with E-state index in [0.29, 0.717) is 40.7 Å². The molecule has 2 aromatic heterocycles. The maximum Gasteiger partial charge on any atom is 0.267 e. The maximum absolute atomic E-state index is 12.5. The first-order valence-electron chi connectivity index (χ1n) is 10.4. The van der Waals surface area contributed by atoms with Crippen molar-refractivity contribution in [3.8, 4) is 0 Å². The van der Waals surface area contributed by atoms with E-state index in [2.05, 4.69) is 20.9 Å². The fourth-order valence-corrected chi connectivity index (χ4v) is 5.14. The first-order chi connectivity index (χ1) is 15.9. The van der Waals surface area contributed by atoms with Crippen LogP contribution in [0.2, 0.25) is 0 Å². The number of piperidine rings is 1. The summed E-state index contributed by atoms with van der Waals surface area (Å²) >= 11 is 2.61. The Hall–Kier alpha value is -3.37. The van der Waals surface area contributed by atoms with Crippen LogP contribution in [0.1, 0.15) is 47.1 Å². The molecule has 3 aromatic rings. The molecule has 1 atom stereocenters. The third-order valence-corrected chi connectivity index (χ3v) is 7.33. The van der Waals surface area contributed by atoms with Crippen LogP contribution < -0.4 is 16.0 Å². The molecular formula is C23H22N4O4S2. The van der Waals surface area contributed by atoms with Gasteiger partial charge in [-0.2, -0.15) is 0 Å². The van der Waals surface area contributed by atoms with E-state index >= 15 is 0 Å². The summed E-state index contributed by atoms with van der Waals surface area (Å²) in [5.41, 5.74) is 1.24. The molecule has 0 saturated carbocycles. The number of anilines is 2. The quantitative estimate of drug-likeness (QED) is 0.444. The summed E-state index contributed by atoms with van der Waals surface area (Å²) in [6.45, 7) is 1.93. The predicted octanol–water partition coefficient (Wildman–Crippen LogP) is 3.72. The summed E-state index contributed by atoms with van der Waals surface area (Å²) in [7, 11) is 0. The van der Waals surface area contributed by atoms with Crippen LogP contribution in [0, 0.1) is 0 Å². The summed E-state index contributed by atoms with van der Waals surface area (Å²) in [6.07, 6.45) is 1.42. The molecule has 10 heteroatoms. The Kier molecular flexibility index (Phi) is 6.66. The number of nitrogens with one attached hydrogen (secondary N) is 3. The maximum atomic E-state index is 12.5. The molecule has 1 aromatic carbocycles. The molecule has 4 amide bonds.